The fraction of sp³-hybridized carbons (Fsp3) is 0.200. The molecule has 4 rings (SSSR count). The topological polar surface area (TPSA) is 117 Å². The van der Waals surface area contributed by atoms with E-state index in [-0.39, 0.29) is 21.0 Å². The van der Waals surface area contributed by atoms with E-state index >= 15 is 0 Å². The van der Waals surface area contributed by atoms with Crippen LogP contribution in [0.1, 0.15) is 17.0 Å². The van der Waals surface area contributed by atoms with Crippen LogP contribution < -0.4 is 4.74 Å². The summed E-state index contributed by atoms with van der Waals surface area (Å²) in [6.07, 6.45) is 2.61. The van der Waals surface area contributed by atoms with Crippen molar-refractivity contribution < 1.29 is 17.9 Å². The number of ether oxygens (including phenoxy) is 1. The molecule has 0 saturated heterocycles. The van der Waals surface area contributed by atoms with Gasteiger partial charge in [0.1, 0.15) is 5.75 Å². The normalized spacial score (nSPS) is 17.7. The Labute approximate surface area is 183 Å². The second-order valence-corrected chi connectivity index (χ2v) is 10.2. The number of amides is 1. The van der Waals surface area contributed by atoms with Gasteiger partial charge >= 0.3 is 0 Å². The third kappa shape index (κ3) is 3.70. The monoisotopic (exact) mass is 457 g/mol. The molecule has 0 atom stereocenters. The first-order valence-electron chi connectivity index (χ1n) is 9.14. The van der Waals surface area contributed by atoms with Crippen LogP contribution in [-0.4, -0.2) is 52.6 Å². The van der Waals surface area contributed by atoms with Crippen molar-refractivity contribution in [3.63, 3.8) is 0 Å². The highest BCUT2D eigenvalue weighted by Gasteiger charge is 2.38. The summed E-state index contributed by atoms with van der Waals surface area (Å²) in [5, 5.41) is 13.5. The number of thioether (sulfide) groups is 1. The van der Waals surface area contributed by atoms with Gasteiger partial charge in [-0.05, 0) is 55.4 Å². The molecule has 9 nitrogen and oxygen atoms in total. The molecule has 0 radical (unpaired) electrons. The maximum Gasteiger partial charge on any atom is 0.283 e. The molecule has 0 bridgehead atoms. The zero-order valence-corrected chi connectivity index (χ0v) is 18.8. The van der Waals surface area contributed by atoms with E-state index < -0.39 is 15.7 Å². The number of carbonyl (C=O) groups excluding carboxylic acids is 1. The lowest BCUT2D eigenvalue weighted by Crippen LogP contribution is -2.35. The summed E-state index contributed by atoms with van der Waals surface area (Å²) in [5.41, 5.74) is 3.48. The molecular weight excluding hydrogens is 438 g/mol. The Morgan fingerprint density at radius 1 is 1.23 bits per heavy atom. The first kappa shape index (κ1) is 21.1. The molecule has 1 aromatic carbocycles. The third-order valence-electron chi connectivity index (χ3n) is 4.83. The van der Waals surface area contributed by atoms with Crippen LogP contribution in [0.4, 0.5) is 0 Å². The van der Waals surface area contributed by atoms with Gasteiger partial charge in [-0.2, -0.15) is 10.0 Å². The first-order chi connectivity index (χ1) is 14.6. The number of hydrogen-bond donors (Lipinski definition) is 1. The molecular formula is C20H19N5O4S2. The summed E-state index contributed by atoms with van der Waals surface area (Å²) >= 11 is 0.761. The standard InChI is InChI=1S/C20H19N5O4S2/c1-11-8-13(12(2)24(11)14-6-5-7-15(10-14)29-3)9-16-17(21)25-19(22-18(16)26)30-20(23-25)31(4,27)28/h5-10,21H,1-4H3/b16-9+,21-17?. The summed E-state index contributed by atoms with van der Waals surface area (Å²) < 4.78 is 30.7. The molecule has 1 aromatic heterocycles. The second kappa shape index (κ2) is 7.50. The minimum Gasteiger partial charge on any atom is -0.497 e. The predicted molar refractivity (Wildman–Crippen MR) is 122 cm³/mol. The molecule has 2 aliphatic rings. The lowest BCUT2D eigenvalue weighted by molar-refractivity contribution is -0.114. The van der Waals surface area contributed by atoms with Crippen LogP contribution >= 0.6 is 11.8 Å². The molecule has 2 aliphatic heterocycles. The summed E-state index contributed by atoms with van der Waals surface area (Å²) in [6.45, 7) is 3.86. The Hall–Kier alpha value is -3.18. The van der Waals surface area contributed by atoms with Gasteiger partial charge in [-0.1, -0.05) is 6.07 Å². The number of aromatic nitrogens is 1. The summed E-state index contributed by atoms with van der Waals surface area (Å²) in [4.78, 5) is 16.5. The van der Waals surface area contributed by atoms with E-state index in [9.17, 15) is 13.2 Å². The van der Waals surface area contributed by atoms with Gasteiger partial charge in [0, 0.05) is 29.4 Å². The van der Waals surface area contributed by atoms with E-state index in [1.165, 1.54) is 0 Å². The van der Waals surface area contributed by atoms with Gasteiger partial charge in [-0.3, -0.25) is 10.2 Å². The number of rotatable bonds is 3. The van der Waals surface area contributed by atoms with E-state index in [1.54, 1.807) is 13.2 Å². The van der Waals surface area contributed by atoms with Crippen LogP contribution in [0.15, 0.2) is 46.0 Å². The number of methoxy groups -OCH3 is 1. The molecule has 0 aliphatic carbocycles. The number of hydrazone groups is 1. The van der Waals surface area contributed by atoms with Crippen molar-refractivity contribution in [1.82, 2.24) is 9.58 Å². The van der Waals surface area contributed by atoms with E-state index in [0.717, 1.165) is 51.4 Å². The molecule has 31 heavy (non-hydrogen) atoms. The van der Waals surface area contributed by atoms with Gasteiger partial charge in [-0.25, -0.2) is 8.42 Å². The fourth-order valence-electron chi connectivity index (χ4n) is 3.36. The van der Waals surface area contributed by atoms with Crippen LogP contribution in [0.25, 0.3) is 11.8 Å². The average molecular weight is 458 g/mol. The van der Waals surface area contributed by atoms with Crippen LogP contribution in [0.5, 0.6) is 5.75 Å². The average Bonchev–Trinajstić information content (AvgIpc) is 3.26. The van der Waals surface area contributed by atoms with Crippen molar-refractivity contribution in [2.45, 2.75) is 13.8 Å². The summed E-state index contributed by atoms with van der Waals surface area (Å²) in [5.74, 6) is -0.102. The number of fused-ring (bicyclic) bond motifs is 1. The van der Waals surface area contributed by atoms with Crippen LogP contribution in [0.2, 0.25) is 0 Å². The molecule has 1 N–H and O–H groups in total. The Bertz CT molecular complexity index is 1340. The highest BCUT2D eigenvalue weighted by molar-refractivity contribution is 8.42. The smallest absolute Gasteiger partial charge is 0.283 e. The number of amidine groups is 2. The number of nitrogens with zero attached hydrogens (tertiary/aromatic N) is 4. The molecule has 160 valence electrons. The van der Waals surface area contributed by atoms with Gasteiger partial charge < -0.3 is 9.30 Å². The van der Waals surface area contributed by atoms with Crippen molar-refractivity contribution in [2.24, 2.45) is 10.1 Å². The second-order valence-electron chi connectivity index (χ2n) is 7.02. The molecule has 0 spiro atoms. The number of aliphatic imine (C=N–C) groups is 1. The van der Waals surface area contributed by atoms with Crippen LogP contribution in [0.3, 0.4) is 0 Å². The lowest BCUT2D eigenvalue weighted by Gasteiger charge is -2.20. The largest absolute Gasteiger partial charge is 0.497 e. The zero-order valence-electron chi connectivity index (χ0n) is 17.2. The Morgan fingerprint density at radius 3 is 2.65 bits per heavy atom. The molecule has 0 fully saturated rings. The number of carbonyl (C=O) groups is 1. The molecule has 11 heteroatoms. The van der Waals surface area contributed by atoms with Gasteiger partial charge in [0.05, 0.1) is 12.7 Å². The lowest BCUT2D eigenvalue weighted by atomic mass is 10.1. The Kier molecular flexibility index (Phi) is 5.10. The predicted octanol–water partition coefficient (Wildman–Crippen LogP) is 2.72. The van der Waals surface area contributed by atoms with Crippen LogP contribution in [0, 0.1) is 19.3 Å². The fourth-order valence-corrected chi connectivity index (χ4v) is 5.05. The SMILES string of the molecule is COc1cccc(-n2c(C)cc(/C=C3\C(=N)N4N=C(S(C)(=O)=O)SC4=NC3=O)c2C)c1. The van der Waals surface area contributed by atoms with E-state index in [4.69, 9.17) is 10.1 Å². The Morgan fingerprint density at radius 2 is 1.97 bits per heavy atom. The quantitative estimate of drug-likeness (QED) is 0.708. The molecule has 0 unspecified atom stereocenters. The van der Waals surface area contributed by atoms with Gasteiger partial charge in [0.25, 0.3) is 5.91 Å². The first-order valence-corrected chi connectivity index (χ1v) is 11.8. The number of nitrogens with one attached hydrogen (secondary N) is 1. The van der Waals surface area contributed by atoms with Crippen molar-refractivity contribution >= 4 is 49.0 Å². The van der Waals surface area contributed by atoms with Crippen molar-refractivity contribution in [2.75, 3.05) is 13.4 Å². The minimum absolute atomic E-state index is 0.0359. The van der Waals surface area contributed by atoms with Crippen molar-refractivity contribution in [3.05, 3.63) is 52.9 Å². The van der Waals surface area contributed by atoms with Crippen LogP contribution in [-0.2, 0) is 14.6 Å². The van der Waals surface area contributed by atoms with Gasteiger partial charge in [-0.15, -0.1) is 5.10 Å². The highest BCUT2D eigenvalue weighted by Crippen LogP contribution is 2.31. The van der Waals surface area contributed by atoms with E-state index in [2.05, 4.69) is 10.1 Å². The summed E-state index contributed by atoms with van der Waals surface area (Å²) in [6, 6.07) is 9.52. The maximum absolute atomic E-state index is 12.6. The number of benzene rings is 1. The third-order valence-corrected chi connectivity index (χ3v) is 7.41. The van der Waals surface area contributed by atoms with Crippen molar-refractivity contribution in [3.8, 4) is 11.4 Å². The zero-order chi connectivity index (χ0) is 22.5. The van der Waals surface area contributed by atoms with Crippen molar-refractivity contribution in [1.29, 1.82) is 5.41 Å². The molecule has 2 aromatic rings. The maximum atomic E-state index is 12.6. The summed E-state index contributed by atoms with van der Waals surface area (Å²) in [7, 11) is -1.97. The highest BCUT2D eigenvalue weighted by atomic mass is 32.3. The Balaban J connectivity index is 1.75. The van der Waals surface area contributed by atoms with E-state index in [1.807, 2.05) is 48.7 Å². The molecule has 1 amide bonds. The number of sulfone groups is 1. The van der Waals surface area contributed by atoms with Gasteiger partial charge in [0.15, 0.2) is 5.84 Å². The number of hydrogen-bond acceptors (Lipinski definition) is 7. The molecule has 0 saturated carbocycles. The molecule has 3 heterocycles. The van der Waals surface area contributed by atoms with Gasteiger partial charge in [0.2, 0.25) is 19.4 Å². The minimum atomic E-state index is -3.57. The number of aryl methyl sites for hydroxylation is 1. The van der Waals surface area contributed by atoms with E-state index in [0.29, 0.717) is 0 Å².